The fraction of sp³-hybridized carbons (Fsp3) is 0.368. The first-order valence-corrected chi connectivity index (χ1v) is 8.55. The molecule has 1 N–H and O–H groups in total. The molecule has 1 saturated heterocycles. The number of nitrogens with zero attached hydrogens (tertiary/aromatic N) is 3. The van der Waals surface area contributed by atoms with Gasteiger partial charge in [-0.15, -0.1) is 0 Å². The summed E-state index contributed by atoms with van der Waals surface area (Å²) in [4.78, 5) is 20.8. The number of amides is 2. The van der Waals surface area contributed by atoms with Gasteiger partial charge in [0.1, 0.15) is 5.82 Å². The van der Waals surface area contributed by atoms with Crippen molar-refractivity contribution in [3.8, 4) is 0 Å². The number of hydrogen-bond donors (Lipinski definition) is 1. The first kappa shape index (κ1) is 17.4. The number of aryl methyl sites for hydroxylation is 1. The van der Waals surface area contributed by atoms with Crippen molar-refractivity contribution < 1.29 is 9.18 Å². The van der Waals surface area contributed by atoms with E-state index in [9.17, 15) is 9.18 Å². The van der Waals surface area contributed by atoms with Gasteiger partial charge in [0.2, 0.25) is 0 Å². The highest BCUT2D eigenvalue weighted by Crippen LogP contribution is 2.12. The Bertz CT molecular complexity index is 720. The molecule has 1 fully saturated rings. The number of anilines is 1. The molecule has 6 heteroatoms. The molecule has 3 rings (SSSR count). The molecule has 132 valence electrons. The van der Waals surface area contributed by atoms with E-state index < -0.39 is 0 Å². The number of benzene rings is 1. The molecule has 2 heterocycles. The summed E-state index contributed by atoms with van der Waals surface area (Å²) in [6.07, 6.45) is 2.61. The summed E-state index contributed by atoms with van der Waals surface area (Å²) in [5, 5.41) is 2.94. The normalized spacial score (nSPS) is 15.7. The van der Waals surface area contributed by atoms with Crippen molar-refractivity contribution in [3.63, 3.8) is 0 Å². The standard InChI is InChI=1S/C19H23FN4O/c1-15-13-18(7-8-21-15)22-19(25)24-10-2-9-23(11-12-24)14-16-3-5-17(20)6-4-16/h3-8,13H,2,9-12,14H2,1H3,(H,21,22,25). The van der Waals surface area contributed by atoms with Crippen LogP contribution in [0.15, 0.2) is 42.6 Å². The molecule has 0 spiro atoms. The maximum absolute atomic E-state index is 13.0. The lowest BCUT2D eigenvalue weighted by atomic mass is 10.2. The van der Waals surface area contributed by atoms with Gasteiger partial charge in [0.05, 0.1) is 0 Å². The van der Waals surface area contributed by atoms with E-state index in [4.69, 9.17) is 0 Å². The van der Waals surface area contributed by atoms with Crippen LogP contribution in [0.1, 0.15) is 17.7 Å². The van der Waals surface area contributed by atoms with Crippen molar-refractivity contribution in [2.75, 3.05) is 31.5 Å². The lowest BCUT2D eigenvalue weighted by Crippen LogP contribution is -2.38. The molecule has 5 nitrogen and oxygen atoms in total. The number of carbonyl (C=O) groups is 1. The van der Waals surface area contributed by atoms with Crippen LogP contribution in [0, 0.1) is 12.7 Å². The molecule has 1 aromatic carbocycles. The zero-order chi connectivity index (χ0) is 17.6. The molecule has 1 aromatic heterocycles. The Morgan fingerprint density at radius 1 is 1.16 bits per heavy atom. The molecule has 0 atom stereocenters. The molecule has 0 aliphatic carbocycles. The number of carbonyl (C=O) groups excluding carboxylic acids is 1. The zero-order valence-electron chi connectivity index (χ0n) is 14.4. The number of rotatable bonds is 3. The summed E-state index contributed by atoms with van der Waals surface area (Å²) in [5.74, 6) is -0.214. The van der Waals surface area contributed by atoms with Crippen LogP contribution in [0.4, 0.5) is 14.9 Å². The van der Waals surface area contributed by atoms with Crippen molar-refractivity contribution in [2.24, 2.45) is 0 Å². The predicted octanol–water partition coefficient (Wildman–Crippen LogP) is 3.27. The maximum atomic E-state index is 13.0. The van der Waals surface area contributed by atoms with Gasteiger partial charge >= 0.3 is 6.03 Å². The number of urea groups is 1. The molecule has 0 bridgehead atoms. The topological polar surface area (TPSA) is 48.5 Å². The van der Waals surface area contributed by atoms with E-state index >= 15 is 0 Å². The minimum absolute atomic E-state index is 0.0748. The lowest BCUT2D eigenvalue weighted by Gasteiger charge is -2.22. The van der Waals surface area contributed by atoms with Gasteiger partial charge in [-0.2, -0.15) is 0 Å². The Labute approximate surface area is 147 Å². The first-order chi connectivity index (χ1) is 12.1. The van der Waals surface area contributed by atoms with Crippen LogP contribution in [0.2, 0.25) is 0 Å². The predicted molar refractivity (Wildman–Crippen MR) is 95.9 cm³/mol. The minimum Gasteiger partial charge on any atom is -0.323 e. The van der Waals surface area contributed by atoms with E-state index in [1.165, 1.54) is 12.1 Å². The molecular weight excluding hydrogens is 319 g/mol. The van der Waals surface area contributed by atoms with Gasteiger partial charge in [0.25, 0.3) is 0 Å². The monoisotopic (exact) mass is 342 g/mol. The van der Waals surface area contributed by atoms with E-state index in [2.05, 4.69) is 15.2 Å². The smallest absolute Gasteiger partial charge is 0.321 e. The maximum Gasteiger partial charge on any atom is 0.321 e. The molecule has 0 unspecified atom stereocenters. The Hall–Kier alpha value is -2.47. The van der Waals surface area contributed by atoms with E-state index in [-0.39, 0.29) is 11.8 Å². The largest absolute Gasteiger partial charge is 0.323 e. The summed E-state index contributed by atoms with van der Waals surface area (Å²) in [7, 11) is 0. The summed E-state index contributed by atoms with van der Waals surface area (Å²) < 4.78 is 13.0. The van der Waals surface area contributed by atoms with Gasteiger partial charge in [-0.05, 0) is 43.2 Å². The second-order valence-electron chi connectivity index (χ2n) is 6.36. The van der Waals surface area contributed by atoms with Gasteiger partial charge in [0, 0.05) is 50.3 Å². The number of halogens is 1. The van der Waals surface area contributed by atoms with Gasteiger partial charge in [-0.25, -0.2) is 9.18 Å². The second kappa shape index (κ2) is 8.07. The third-order valence-electron chi connectivity index (χ3n) is 4.34. The summed E-state index contributed by atoms with van der Waals surface area (Å²) in [6, 6.07) is 10.2. The fourth-order valence-electron chi connectivity index (χ4n) is 3.01. The second-order valence-corrected chi connectivity index (χ2v) is 6.36. The van der Waals surface area contributed by atoms with Crippen LogP contribution in [0.5, 0.6) is 0 Å². The number of nitrogens with one attached hydrogen (secondary N) is 1. The molecule has 2 amide bonds. The highest BCUT2D eigenvalue weighted by molar-refractivity contribution is 5.89. The summed E-state index contributed by atoms with van der Waals surface area (Å²) >= 11 is 0. The van der Waals surface area contributed by atoms with Crippen molar-refractivity contribution in [2.45, 2.75) is 19.9 Å². The average molecular weight is 342 g/mol. The summed E-state index contributed by atoms with van der Waals surface area (Å²) in [6.45, 7) is 5.82. The van der Waals surface area contributed by atoms with Gasteiger partial charge in [-0.1, -0.05) is 12.1 Å². The highest BCUT2D eigenvalue weighted by atomic mass is 19.1. The number of aromatic nitrogens is 1. The Morgan fingerprint density at radius 3 is 2.72 bits per heavy atom. The van der Waals surface area contributed by atoms with Crippen molar-refractivity contribution >= 4 is 11.7 Å². The molecule has 1 aliphatic rings. The third-order valence-corrected chi connectivity index (χ3v) is 4.34. The zero-order valence-corrected chi connectivity index (χ0v) is 14.4. The molecule has 2 aromatic rings. The van der Waals surface area contributed by atoms with E-state index in [1.54, 1.807) is 12.3 Å². The van der Waals surface area contributed by atoms with Crippen molar-refractivity contribution in [1.82, 2.24) is 14.8 Å². The quantitative estimate of drug-likeness (QED) is 0.931. The van der Waals surface area contributed by atoms with Crippen LogP contribution in [-0.2, 0) is 6.54 Å². The lowest BCUT2D eigenvalue weighted by molar-refractivity contribution is 0.211. The Kier molecular flexibility index (Phi) is 5.60. The Morgan fingerprint density at radius 2 is 1.96 bits per heavy atom. The van der Waals surface area contributed by atoms with Gasteiger partial charge < -0.3 is 10.2 Å². The van der Waals surface area contributed by atoms with E-state index in [1.807, 2.05) is 30.0 Å². The molecule has 0 radical (unpaired) electrons. The van der Waals surface area contributed by atoms with Crippen LogP contribution < -0.4 is 5.32 Å². The molecular formula is C19H23FN4O. The van der Waals surface area contributed by atoms with E-state index in [0.29, 0.717) is 6.54 Å². The molecule has 1 aliphatic heterocycles. The van der Waals surface area contributed by atoms with Crippen LogP contribution in [0.25, 0.3) is 0 Å². The average Bonchev–Trinajstić information content (AvgIpc) is 2.83. The SMILES string of the molecule is Cc1cc(NC(=O)N2CCCN(Cc3ccc(F)cc3)CC2)ccn1. The summed E-state index contributed by atoms with van der Waals surface area (Å²) in [5.41, 5.74) is 2.73. The van der Waals surface area contributed by atoms with Crippen LogP contribution in [-0.4, -0.2) is 47.0 Å². The number of hydrogen-bond acceptors (Lipinski definition) is 3. The van der Waals surface area contributed by atoms with Crippen molar-refractivity contribution in [1.29, 1.82) is 0 Å². The van der Waals surface area contributed by atoms with Crippen molar-refractivity contribution in [3.05, 3.63) is 59.7 Å². The fourth-order valence-corrected chi connectivity index (χ4v) is 3.01. The first-order valence-electron chi connectivity index (χ1n) is 8.55. The van der Waals surface area contributed by atoms with Gasteiger partial charge in [0.15, 0.2) is 0 Å². The Balaban J connectivity index is 1.54. The van der Waals surface area contributed by atoms with Crippen LogP contribution in [0.3, 0.4) is 0 Å². The minimum atomic E-state index is -0.214. The molecule has 25 heavy (non-hydrogen) atoms. The van der Waals surface area contributed by atoms with Crippen LogP contribution >= 0.6 is 0 Å². The van der Waals surface area contributed by atoms with Gasteiger partial charge in [-0.3, -0.25) is 9.88 Å². The highest BCUT2D eigenvalue weighted by Gasteiger charge is 2.19. The number of pyridine rings is 1. The third kappa shape index (κ3) is 5.00. The molecule has 0 saturated carbocycles. The van der Waals surface area contributed by atoms with E-state index in [0.717, 1.165) is 49.5 Å².